The van der Waals surface area contributed by atoms with E-state index in [0.717, 1.165) is 18.5 Å². The lowest BCUT2D eigenvalue weighted by Crippen LogP contribution is -2.16. The maximum Gasteiger partial charge on any atom is 0.162 e. The molecular weight excluding hydrogens is 252 g/mol. The van der Waals surface area contributed by atoms with Crippen LogP contribution < -0.4 is 10.1 Å². The highest BCUT2D eigenvalue weighted by Gasteiger charge is 2.06. The average Bonchev–Trinajstić information content (AvgIpc) is 2.48. The Kier molecular flexibility index (Phi) is 5.38. The van der Waals surface area contributed by atoms with E-state index in [1.807, 2.05) is 31.3 Å². The summed E-state index contributed by atoms with van der Waals surface area (Å²) in [5.41, 5.74) is 2.05. The van der Waals surface area contributed by atoms with Crippen LogP contribution in [0, 0.1) is 0 Å². The summed E-state index contributed by atoms with van der Waals surface area (Å²) in [6.07, 6.45) is 4.56. The maximum absolute atomic E-state index is 10.1. The Bertz CT molecular complexity index is 529. The van der Waals surface area contributed by atoms with Gasteiger partial charge in [-0.15, -0.1) is 0 Å². The Morgan fingerprint density at radius 2 is 2.15 bits per heavy atom. The minimum Gasteiger partial charge on any atom is -0.504 e. The zero-order valence-corrected chi connectivity index (χ0v) is 11.7. The van der Waals surface area contributed by atoms with E-state index in [0.29, 0.717) is 18.9 Å². The second-order valence-electron chi connectivity index (χ2n) is 4.48. The van der Waals surface area contributed by atoms with E-state index in [4.69, 9.17) is 4.74 Å². The SMILES string of the molecule is CCOc1cccc(CNCCc2cccnc2)c1O. The van der Waals surface area contributed by atoms with Gasteiger partial charge in [0.15, 0.2) is 11.5 Å². The summed E-state index contributed by atoms with van der Waals surface area (Å²) in [5.74, 6) is 0.766. The number of phenols is 1. The minimum absolute atomic E-state index is 0.225. The van der Waals surface area contributed by atoms with Crippen LogP contribution in [-0.4, -0.2) is 23.2 Å². The molecule has 0 fully saturated rings. The van der Waals surface area contributed by atoms with E-state index in [2.05, 4.69) is 16.4 Å². The van der Waals surface area contributed by atoms with E-state index >= 15 is 0 Å². The van der Waals surface area contributed by atoms with Gasteiger partial charge in [0.05, 0.1) is 6.61 Å². The predicted octanol–water partition coefficient (Wildman–Crippen LogP) is 2.52. The molecule has 2 aromatic rings. The fraction of sp³-hybridized carbons (Fsp3) is 0.312. The van der Waals surface area contributed by atoms with Crippen molar-refractivity contribution in [1.29, 1.82) is 0 Å². The van der Waals surface area contributed by atoms with E-state index in [1.54, 1.807) is 12.3 Å². The number of para-hydroxylation sites is 1. The van der Waals surface area contributed by atoms with Crippen molar-refractivity contribution in [2.24, 2.45) is 0 Å². The molecule has 1 aromatic carbocycles. The molecule has 2 rings (SSSR count). The van der Waals surface area contributed by atoms with Crippen molar-refractivity contribution in [3.63, 3.8) is 0 Å². The average molecular weight is 272 g/mol. The zero-order chi connectivity index (χ0) is 14.2. The van der Waals surface area contributed by atoms with Gasteiger partial charge in [0.25, 0.3) is 0 Å². The highest BCUT2D eigenvalue weighted by molar-refractivity contribution is 5.45. The number of rotatable bonds is 7. The Morgan fingerprint density at radius 3 is 2.90 bits per heavy atom. The maximum atomic E-state index is 10.1. The molecule has 0 saturated carbocycles. The normalized spacial score (nSPS) is 10.4. The Balaban J connectivity index is 1.83. The molecule has 0 radical (unpaired) electrons. The fourth-order valence-electron chi connectivity index (χ4n) is 1.98. The molecule has 0 spiro atoms. The van der Waals surface area contributed by atoms with Gasteiger partial charge in [0.2, 0.25) is 0 Å². The van der Waals surface area contributed by atoms with Crippen LogP contribution in [0.3, 0.4) is 0 Å². The van der Waals surface area contributed by atoms with Crippen LogP contribution in [-0.2, 0) is 13.0 Å². The molecule has 0 atom stereocenters. The lowest BCUT2D eigenvalue weighted by Gasteiger charge is -2.11. The summed E-state index contributed by atoms with van der Waals surface area (Å²) in [6, 6.07) is 9.56. The minimum atomic E-state index is 0.225. The largest absolute Gasteiger partial charge is 0.504 e. The molecular formula is C16H20N2O2. The van der Waals surface area contributed by atoms with Crippen molar-refractivity contribution in [2.45, 2.75) is 19.9 Å². The number of benzene rings is 1. The number of hydrogen-bond acceptors (Lipinski definition) is 4. The molecule has 0 aliphatic heterocycles. The number of phenolic OH excluding ortho intramolecular Hbond substituents is 1. The number of aromatic hydroxyl groups is 1. The summed E-state index contributed by atoms with van der Waals surface area (Å²) in [5, 5.41) is 13.4. The molecule has 0 amide bonds. The first-order valence-electron chi connectivity index (χ1n) is 6.84. The molecule has 106 valence electrons. The highest BCUT2D eigenvalue weighted by atomic mass is 16.5. The fourth-order valence-corrected chi connectivity index (χ4v) is 1.98. The monoisotopic (exact) mass is 272 g/mol. The summed E-state index contributed by atoms with van der Waals surface area (Å²) < 4.78 is 5.37. The molecule has 0 bridgehead atoms. The first kappa shape index (κ1) is 14.3. The van der Waals surface area contributed by atoms with Crippen molar-refractivity contribution in [2.75, 3.05) is 13.2 Å². The Labute approximate surface area is 119 Å². The smallest absolute Gasteiger partial charge is 0.162 e. The summed E-state index contributed by atoms with van der Waals surface area (Å²) in [7, 11) is 0. The molecule has 4 nitrogen and oxygen atoms in total. The van der Waals surface area contributed by atoms with Gasteiger partial charge >= 0.3 is 0 Å². The number of nitrogens with zero attached hydrogens (tertiary/aromatic N) is 1. The topological polar surface area (TPSA) is 54.4 Å². The Morgan fingerprint density at radius 1 is 1.25 bits per heavy atom. The number of hydrogen-bond donors (Lipinski definition) is 2. The van der Waals surface area contributed by atoms with Crippen LogP contribution in [0.4, 0.5) is 0 Å². The third-order valence-corrected chi connectivity index (χ3v) is 3.01. The third kappa shape index (κ3) is 3.96. The molecule has 0 saturated heterocycles. The molecule has 0 aliphatic carbocycles. The van der Waals surface area contributed by atoms with E-state index < -0.39 is 0 Å². The van der Waals surface area contributed by atoms with Crippen LogP contribution in [0.15, 0.2) is 42.7 Å². The van der Waals surface area contributed by atoms with Crippen molar-refractivity contribution in [1.82, 2.24) is 10.3 Å². The van der Waals surface area contributed by atoms with Crippen LogP contribution in [0.1, 0.15) is 18.1 Å². The highest BCUT2D eigenvalue weighted by Crippen LogP contribution is 2.29. The second-order valence-corrected chi connectivity index (χ2v) is 4.48. The van der Waals surface area contributed by atoms with Crippen LogP contribution in [0.25, 0.3) is 0 Å². The summed E-state index contributed by atoms with van der Waals surface area (Å²) >= 11 is 0. The van der Waals surface area contributed by atoms with Crippen LogP contribution in [0.2, 0.25) is 0 Å². The molecule has 1 aromatic heterocycles. The number of pyridine rings is 1. The zero-order valence-electron chi connectivity index (χ0n) is 11.7. The first-order chi connectivity index (χ1) is 9.81. The molecule has 20 heavy (non-hydrogen) atoms. The van der Waals surface area contributed by atoms with E-state index in [1.165, 1.54) is 5.56 Å². The van der Waals surface area contributed by atoms with Crippen molar-refractivity contribution in [3.05, 3.63) is 53.9 Å². The van der Waals surface area contributed by atoms with Gasteiger partial charge in [0, 0.05) is 24.5 Å². The van der Waals surface area contributed by atoms with Crippen molar-refractivity contribution >= 4 is 0 Å². The molecule has 0 aliphatic rings. The van der Waals surface area contributed by atoms with Crippen molar-refractivity contribution in [3.8, 4) is 11.5 Å². The lowest BCUT2D eigenvalue weighted by atomic mass is 10.1. The third-order valence-electron chi connectivity index (χ3n) is 3.01. The Hall–Kier alpha value is -2.07. The van der Waals surface area contributed by atoms with Gasteiger partial charge in [-0.2, -0.15) is 0 Å². The van der Waals surface area contributed by atoms with E-state index in [-0.39, 0.29) is 5.75 Å². The van der Waals surface area contributed by atoms with E-state index in [9.17, 15) is 5.11 Å². The first-order valence-corrected chi connectivity index (χ1v) is 6.84. The molecule has 0 unspecified atom stereocenters. The molecule has 1 heterocycles. The second kappa shape index (κ2) is 7.50. The molecule has 4 heteroatoms. The predicted molar refractivity (Wildman–Crippen MR) is 78.9 cm³/mol. The van der Waals surface area contributed by atoms with Gasteiger partial charge in [-0.05, 0) is 37.6 Å². The van der Waals surface area contributed by atoms with Gasteiger partial charge < -0.3 is 15.2 Å². The number of nitrogens with one attached hydrogen (secondary N) is 1. The van der Waals surface area contributed by atoms with Gasteiger partial charge in [-0.3, -0.25) is 4.98 Å². The standard InChI is InChI=1S/C16H20N2O2/c1-2-20-15-7-3-6-14(16(15)19)12-18-10-8-13-5-4-9-17-11-13/h3-7,9,11,18-19H,2,8,10,12H2,1H3. The van der Waals surface area contributed by atoms with Crippen molar-refractivity contribution < 1.29 is 9.84 Å². The van der Waals surface area contributed by atoms with Gasteiger partial charge in [-0.1, -0.05) is 18.2 Å². The summed E-state index contributed by atoms with van der Waals surface area (Å²) in [4.78, 5) is 4.08. The quantitative estimate of drug-likeness (QED) is 0.760. The number of ether oxygens (including phenoxy) is 1. The number of aromatic nitrogens is 1. The van der Waals surface area contributed by atoms with Crippen LogP contribution >= 0.6 is 0 Å². The molecule has 2 N–H and O–H groups in total. The van der Waals surface area contributed by atoms with Gasteiger partial charge in [-0.25, -0.2) is 0 Å². The van der Waals surface area contributed by atoms with Gasteiger partial charge in [0.1, 0.15) is 0 Å². The van der Waals surface area contributed by atoms with Crippen LogP contribution in [0.5, 0.6) is 11.5 Å². The summed E-state index contributed by atoms with van der Waals surface area (Å²) in [6.45, 7) is 3.90. The lowest BCUT2D eigenvalue weighted by molar-refractivity contribution is 0.316.